The van der Waals surface area contributed by atoms with Crippen molar-refractivity contribution in [2.24, 2.45) is 0 Å². The highest BCUT2D eigenvalue weighted by atomic mass is 16.5. The fraction of sp³-hybridized carbons (Fsp3) is 0.364. The van der Waals surface area contributed by atoms with Gasteiger partial charge in [0.1, 0.15) is 0 Å². The zero-order chi connectivity index (χ0) is 12.0. The summed E-state index contributed by atoms with van der Waals surface area (Å²) in [6.45, 7) is 3.79. The number of carbonyl (C=O) groups excluding carboxylic acids is 1. The third-order valence-corrected chi connectivity index (χ3v) is 1.60. The standard InChI is InChI=1S/C11H14N2O3/c1-8(2)16-11-12-6-9(7-13-11)4-5-10(14)15-3/h4-8H,1-3H3/b5-4+. The van der Waals surface area contributed by atoms with Crippen LogP contribution < -0.4 is 4.74 Å². The maximum atomic E-state index is 10.8. The first-order valence-electron chi connectivity index (χ1n) is 4.86. The summed E-state index contributed by atoms with van der Waals surface area (Å²) in [5.41, 5.74) is 0.710. The quantitative estimate of drug-likeness (QED) is 0.570. The van der Waals surface area contributed by atoms with Gasteiger partial charge in [-0.2, -0.15) is 0 Å². The predicted molar refractivity (Wildman–Crippen MR) is 58.8 cm³/mol. The molecule has 0 aromatic carbocycles. The van der Waals surface area contributed by atoms with Gasteiger partial charge in [-0.05, 0) is 19.9 Å². The van der Waals surface area contributed by atoms with Crippen LogP contribution in [0.2, 0.25) is 0 Å². The maximum Gasteiger partial charge on any atom is 0.330 e. The van der Waals surface area contributed by atoms with Gasteiger partial charge in [0.05, 0.1) is 13.2 Å². The molecule has 5 nitrogen and oxygen atoms in total. The molecular weight excluding hydrogens is 208 g/mol. The highest BCUT2D eigenvalue weighted by Gasteiger charge is 2.00. The second-order valence-corrected chi connectivity index (χ2v) is 3.32. The molecule has 0 atom stereocenters. The number of nitrogens with zero attached hydrogens (tertiary/aromatic N) is 2. The van der Waals surface area contributed by atoms with E-state index < -0.39 is 5.97 Å². The van der Waals surface area contributed by atoms with Gasteiger partial charge < -0.3 is 9.47 Å². The van der Waals surface area contributed by atoms with Gasteiger partial charge in [0.15, 0.2) is 0 Å². The van der Waals surface area contributed by atoms with Crippen molar-refractivity contribution in [1.29, 1.82) is 0 Å². The number of methoxy groups -OCH3 is 1. The molecule has 5 heteroatoms. The molecule has 1 aromatic rings. The Kier molecular flexibility index (Phi) is 4.44. The molecule has 1 aromatic heterocycles. The van der Waals surface area contributed by atoms with E-state index in [1.165, 1.54) is 13.2 Å². The van der Waals surface area contributed by atoms with E-state index >= 15 is 0 Å². The highest BCUT2D eigenvalue weighted by Crippen LogP contribution is 2.06. The third-order valence-electron chi connectivity index (χ3n) is 1.60. The van der Waals surface area contributed by atoms with Crippen molar-refractivity contribution in [2.75, 3.05) is 7.11 Å². The van der Waals surface area contributed by atoms with Gasteiger partial charge in [0, 0.05) is 24.0 Å². The summed E-state index contributed by atoms with van der Waals surface area (Å²) in [5, 5.41) is 0. The molecular formula is C11H14N2O3. The Morgan fingerprint density at radius 3 is 2.50 bits per heavy atom. The van der Waals surface area contributed by atoms with Crippen LogP contribution in [0.5, 0.6) is 6.01 Å². The van der Waals surface area contributed by atoms with Crippen LogP contribution in [0, 0.1) is 0 Å². The van der Waals surface area contributed by atoms with E-state index in [-0.39, 0.29) is 6.10 Å². The van der Waals surface area contributed by atoms with Gasteiger partial charge in [-0.15, -0.1) is 0 Å². The summed E-state index contributed by atoms with van der Waals surface area (Å²) < 4.78 is 9.74. The summed E-state index contributed by atoms with van der Waals surface area (Å²) >= 11 is 0. The van der Waals surface area contributed by atoms with Crippen molar-refractivity contribution >= 4 is 12.0 Å². The minimum Gasteiger partial charge on any atom is -0.466 e. The molecule has 16 heavy (non-hydrogen) atoms. The summed E-state index contributed by atoms with van der Waals surface area (Å²) in [4.78, 5) is 18.8. The molecule has 0 radical (unpaired) electrons. The third kappa shape index (κ3) is 4.08. The Labute approximate surface area is 94.1 Å². The summed E-state index contributed by atoms with van der Waals surface area (Å²) in [5.74, 6) is -0.414. The summed E-state index contributed by atoms with van der Waals surface area (Å²) in [7, 11) is 1.32. The van der Waals surface area contributed by atoms with Crippen LogP contribution in [0.1, 0.15) is 19.4 Å². The Balaban J connectivity index is 2.64. The van der Waals surface area contributed by atoms with Crippen molar-refractivity contribution < 1.29 is 14.3 Å². The van der Waals surface area contributed by atoms with Gasteiger partial charge in [0.2, 0.25) is 0 Å². The fourth-order valence-corrected chi connectivity index (χ4v) is 0.916. The van der Waals surface area contributed by atoms with Crippen LogP contribution in [0.4, 0.5) is 0 Å². The van der Waals surface area contributed by atoms with E-state index in [9.17, 15) is 4.79 Å². The molecule has 0 saturated carbocycles. The average Bonchev–Trinajstić information content (AvgIpc) is 2.27. The molecule has 0 bridgehead atoms. The highest BCUT2D eigenvalue weighted by molar-refractivity contribution is 5.86. The molecule has 0 fully saturated rings. The van der Waals surface area contributed by atoms with E-state index in [2.05, 4.69) is 14.7 Å². The number of hydrogen-bond acceptors (Lipinski definition) is 5. The molecule has 86 valence electrons. The molecule has 0 aliphatic heterocycles. The monoisotopic (exact) mass is 222 g/mol. The summed E-state index contributed by atoms with van der Waals surface area (Å²) in [6, 6.07) is 0.324. The average molecular weight is 222 g/mol. The number of rotatable bonds is 4. The van der Waals surface area contributed by atoms with E-state index in [0.29, 0.717) is 11.6 Å². The van der Waals surface area contributed by atoms with Crippen LogP contribution in [-0.2, 0) is 9.53 Å². The molecule has 0 saturated heterocycles. The van der Waals surface area contributed by atoms with Crippen LogP contribution in [-0.4, -0.2) is 29.2 Å². The lowest BCUT2D eigenvalue weighted by atomic mass is 10.3. The van der Waals surface area contributed by atoms with E-state index in [1.807, 2.05) is 13.8 Å². The normalized spacial score (nSPS) is 10.8. The van der Waals surface area contributed by atoms with Crippen molar-refractivity contribution in [3.63, 3.8) is 0 Å². The van der Waals surface area contributed by atoms with E-state index in [1.54, 1.807) is 18.5 Å². The van der Waals surface area contributed by atoms with Crippen molar-refractivity contribution in [3.8, 4) is 6.01 Å². The SMILES string of the molecule is COC(=O)/C=C/c1cnc(OC(C)C)nc1. The zero-order valence-corrected chi connectivity index (χ0v) is 9.51. The topological polar surface area (TPSA) is 61.3 Å². The molecule has 0 aliphatic carbocycles. The Bertz CT molecular complexity index is 371. The number of aromatic nitrogens is 2. The lowest BCUT2D eigenvalue weighted by Gasteiger charge is -2.06. The van der Waals surface area contributed by atoms with Crippen molar-refractivity contribution in [3.05, 3.63) is 24.0 Å². The first kappa shape index (κ1) is 12.2. The minimum absolute atomic E-state index is 0.0384. The molecule has 0 N–H and O–H groups in total. The van der Waals surface area contributed by atoms with Crippen LogP contribution >= 0.6 is 0 Å². The number of carbonyl (C=O) groups is 1. The summed E-state index contributed by atoms with van der Waals surface area (Å²) in [6.07, 6.45) is 6.07. The smallest absolute Gasteiger partial charge is 0.330 e. The molecule has 0 aliphatic rings. The lowest BCUT2D eigenvalue weighted by molar-refractivity contribution is -0.134. The van der Waals surface area contributed by atoms with Gasteiger partial charge in [0.25, 0.3) is 0 Å². The van der Waals surface area contributed by atoms with Crippen LogP contribution in [0.25, 0.3) is 6.08 Å². The van der Waals surface area contributed by atoms with E-state index in [4.69, 9.17) is 4.74 Å². The molecule has 0 unspecified atom stereocenters. The molecule has 0 spiro atoms. The molecule has 1 heterocycles. The predicted octanol–water partition coefficient (Wildman–Crippen LogP) is 1.45. The van der Waals surface area contributed by atoms with Gasteiger partial charge in [-0.3, -0.25) is 0 Å². The zero-order valence-electron chi connectivity index (χ0n) is 9.51. The molecule has 1 rings (SSSR count). The van der Waals surface area contributed by atoms with Crippen molar-refractivity contribution in [1.82, 2.24) is 9.97 Å². The van der Waals surface area contributed by atoms with Gasteiger partial charge >= 0.3 is 12.0 Å². The fourth-order valence-electron chi connectivity index (χ4n) is 0.916. The second kappa shape index (κ2) is 5.85. The van der Waals surface area contributed by atoms with Crippen LogP contribution in [0.15, 0.2) is 18.5 Å². The number of ether oxygens (including phenoxy) is 2. The van der Waals surface area contributed by atoms with Gasteiger partial charge in [-0.25, -0.2) is 14.8 Å². The molecule has 0 amide bonds. The van der Waals surface area contributed by atoms with Crippen LogP contribution in [0.3, 0.4) is 0 Å². The maximum absolute atomic E-state index is 10.8. The first-order chi connectivity index (χ1) is 7.61. The second-order valence-electron chi connectivity index (χ2n) is 3.32. The minimum atomic E-state index is -0.414. The number of esters is 1. The largest absolute Gasteiger partial charge is 0.466 e. The number of hydrogen-bond donors (Lipinski definition) is 0. The van der Waals surface area contributed by atoms with E-state index in [0.717, 1.165) is 0 Å². The Morgan fingerprint density at radius 1 is 1.38 bits per heavy atom. The lowest BCUT2D eigenvalue weighted by Crippen LogP contribution is -2.08. The first-order valence-corrected chi connectivity index (χ1v) is 4.86. The Hall–Kier alpha value is -1.91. The van der Waals surface area contributed by atoms with Crippen molar-refractivity contribution in [2.45, 2.75) is 20.0 Å². The van der Waals surface area contributed by atoms with Gasteiger partial charge in [-0.1, -0.05) is 0 Å². The Morgan fingerprint density at radius 2 is 2.00 bits per heavy atom.